The molecule has 1 saturated heterocycles. The van der Waals surface area contributed by atoms with E-state index in [-0.39, 0.29) is 19.6 Å². The summed E-state index contributed by atoms with van der Waals surface area (Å²) in [6.07, 6.45) is -0.774. The van der Waals surface area contributed by atoms with Crippen molar-refractivity contribution in [2.45, 2.75) is 38.8 Å². The average Bonchev–Trinajstić information content (AvgIpc) is 3.13. The topological polar surface area (TPSA) is 132 Å². The molecule has 164 valence electrons. The molecule has 2 N–H and O–H groups in total. The zero-order chi connectivity index (χ0) is 21.3. The summed E-state index contributed by atoms with van der Waals surface area (Å²) in [5, 5.41) is 13.3. The van der Waals surface area contributed by atoms with Crippen LogP contribution in [0.25, 0.3) is 0 Å². The highest BCUT2D eigenvalue weighted by atomic mass is 32.1. The standard InChI is InChI=1S/C17H28N4O7S/c1-12(22)27-11-28-14(24)8-17(2,3)18-9-13(23)10-26-16-15(19-29-20-16)21-4-6-25-7-5-21/h13,18,23H,4-11H2,1-3H3. The van der Waals surface area contributed by atoms with Crippen molar-refractivity contribution < 1.29 is 33.6 Å². The van der Waals surface area contributed by atoms with E-state index in [1.54, 1.807) is 13.8 Å². The molecule has 0 aromatic carbocycles. The molecule has 0 aliphatic carbocycles. The number of aliphatic hydroxyl groups is 1. The number of rotatable bonds is 11. The number of aromatic nitrogens is 2. The van der Waals surface area contributed by atoms with E-state index in [0.717, 1.165) is 11.7 Å². The molecular formula is C17H28N4O7S. The van der Waals surface area contributed by atoms with Crippen molar-refractivity contribution in [3.63, 3.8) is 0 Å². The molecule has 0 saturated carbocycles. The van der Waals surface area contributed by atoms with Gasteiger partial charge in [-0.05, 0) is 13.8 Å². The summed E-state index contributed by atoms with van der Waals surface area (Å²) in [4.78, 5) is 24.5. The Morgan fingerprint density at radius 2 is 2.03 bits per heavy atom. The minimum absolute atomic E-state index is 0.0305. The summed E-state index contributed by atoms with van der Waals surface area (Å²) >= 11 is 1.06. The molecule has 1 fully saturated rings. The zero-order valence-electron chi connectivity index (χ0n) is 16.9. The number of anilines is 1. The number of morpholine rings is 1. The fourth-order valence-electron chi connectivity index (χ4n) is 2.52. The van der Waals surface area contributed by atoms with Gasteiger partial charge in [0.25, 0.3) is 5.88 Å². The van der Waals surface area contributed by atoms with Crippen LogP contribution in [0.4, 0.5) is 5.82 Å². The number of hydrogen-bond donors (Lipinski definition) is 2. The molecule has 29 heavy (non-hydrogen) atoms. The molecule has 1 aliphatic rings. The van der Waals surface area contributed by atoms with Crippen LogP contribution in [-0.2, 0) is 23.8 Å². The van der Waals surface area contributed by atoms with Crippen LogP contribution in [0, 0.1) is 0 Å². The fraction of sp³-hybridized carbons (Fsp3) is 0.765. The van der Waals surface area contributed by atoms with Crippen LogP contribution in [0.2, 0.25) is 0 Å². The van der Waals surface area contributed by atoms with Gasteiger partial charge in [0.1, 0.15) is 12.7 Å². The van der Waals surface area contributed by atoms with Crippen LogP contribution in [0.3, 0.4) is 0 Å². The Morgan fingerprint density at radius 1 is 1.31 bits per heavy atom. The normalized spacial score (nSPS) is 15.7. The van der Waals surface area contributed by atoms with E-state index in [0.29, 0.717) is 38.0 Å². The molecule has 0 radical (unpaired) electrons. The third-order valence-corrected chi connectivity index (χ3v) is 4.55. The molecule has 1 unspecified atom stereocenters. The Kier molecular flexibility index (Phi) is 9.01. The number of aliphatic hydroxyl groups excluding tert-OH is 1. The number of nitrogens with one attached hydrogen (secondary N) is 1. The highest BCUT2D eigenvalue weighted by molar-refractivity contribution is 6.99. The number of β-amino-alcohol motifs (C(OH)–C–C–N with tert-alkyl or cyclic N) is 1. The minimum atomic E-state index is -0.814. The molecule has 2 heterocycles. The monoisotopic (exact) mass is 432 g/mol. The molecule has 1 aromatic heterocycles. The van der Waals surface area contributed by atoms with E-state index in [2.05, 4.69) is 18.8 Å². The Hall–Kier alpha value is -2.02. The van der Waals surface area contributed by atoms with Crippen molar-refractivity contribution in [3.8, 4) is 5.88 Å². The summed E-state index contributed by atoms with van der Waals surface area (Å²) in [5.74, 6) is 0.0159. The lowest BCUT2D eigenvalue weighted by Gasteiger charge is -2.27. The number of ether oxygens (including phenoxy) is 4. The van der Waals surface area contributed by atoms with E-state index < -0.39 is 30.4 Å². The first-order valence-corrected chi connectivity index (χ1v) is 10.00. The second-order valence-corrected chi connectivity index (χ2v) is 7.70. The van der Waals surface area contributed by atoms with Gasteiger partial charge >= 0.3 is 11.9 Å². The van der Waals surface area contributed by atoms with Gasteiger partial charge in [-0.25, -0.2) is 0 Å². The van der Waals surface area contributed by atoms with Crippen molar-refractivity contribution in [1.29, 1.82) is 0 Å². The maximum absolute atomic E-state index is 11.8. The molecule has 0 amide bonds. The number of carbonyl (C=O) groups excluding carboxylic acids is 2. The molecule has 1 aromatic rings. The number of hydrogen-bond acceptors (Lipinski definition) is 12. The van der Waals surface area contributed by atoms with Crippen LogP contribution in [0.15, 0.2) is 0 Å². The number of nitrogens with zero attached hydrogens (tertiary/aromatic N) is 3. The zero-order valence-corrected chi connectivity index (χ0v) is 17.7. The van der Waals surface area contributed by atoms with Crippen molar-refractivity contribution in [2.75, 3.05) is 51.1 Å². The quantitative estimate of drug-likeness (QED) is 0.360. The predicted octanol–water partition coefficient (Wildman–Crippen LogP) is -0.0635. The Bertz CT molecular complexity index is 664. The van der Waals surface area contributed by atoms with Gasteiger partial charge in [-0.1, -0.05) is 0 Å². The Balaban J connectivity index is 1.71. The van der Waals surface area contributed by atoms with Gasteiger partial charge in [0, 0.05) is 32.1 Å². The summed E-state index contributed by atoms with van der Waals surface area (Å²) in [7, 11) is 0. The Morgan fingerprint density at radius 3 is 2.72 bits per heavy atom. The van der Waals surface area contributed by atoms with Gasteiger partial charge in [0.2, 0.25) is 12.6 Å². The van der Waals surface area contributed by atoms with Crippen LogP contribution >= 0.6 is 11.7 Å². The third kappa shape index (κ3) is 8.48. The van der Waals surface area contributed by atoms with Crippen molar-refractivity contribution in [2.24, 2.45) is 0 Å². The van der Waals surface area contributed by atoms with Crippen LogP contribution in [-0.4, -0.2) is 83.7 Å². The second-order valence-electron chi connectivity index (χ2n) is 7.17. The van der Waals surface area contributed by atoms with Crippen molar-refractivity contribution in [1.82, 2.24) is 14.1 Å². The lowest BCUT2D eigenvalue weighted by molar-refractivity contribution is -0.166. The van der Waals surface area contributed by atoms with Crippen LogP contribution < -0.4 is 15.0 Å². The average molecular weight is 432 g/mol. The van der Waals surface area contributed by atoms with Crippen molar-refractivity contribution >= 4 is 29.5 Å². The maximum Gasteiger partial charge on any atom is 0.310 e. The van der Waals surface area contributed by atoms with Crippen molar-refractivity contribution in [3.05, 3.63) is 0 Å². The predicted molar refractivity (Wildman–Crippen MR) is 104 cm³/mol. The maximum atomic E-state index is 11.8. The van der Waals surface area contributed by atoms with Gasteiger partial charge < -0.3 is 34.3 Å². The lowest BCUT2D eigenvalue weighted by Crippen LogP contribution is -2.46. The number of esters is 2. The number of carbonyl (C=O) groups is 2. The van der Waals surface area contributed by atoms with E-state index in [1.165, 1.54) is 6.92 Å². The first kappa shape index (κ1) is 23.3. The molecule has 0 spiro atoms. The van der Waals surface area contributed by atoms with E-state index in [9.17, 15) is 14.7 Å². The van der Waals surface area contributed by atoms with Gasteiger partial charge in [0.15, 0.2) is 0 Å². The molecule has 12 heteroatoms. The smallest absolute Gasteiger partial charge is 0.310 e. The molecule has 0 bridgehead atoms. The van der Waals surface area contributed by atoms with E-state index >= 15 is 0 Å². The third-order valence-electron chi connectivity index (χ3n) is 4.05. The van der Waals surface area contributed by atoms with E-state index in [4.69, 9.17) is 14.2 Å². The Labute approximate surface area is 173 Å². The SMILES string of the molecule is CC(=O)OCOC(=O)CC(C)(C)NCC(O)COc1nsnc1N1CCOCC1. The highest BCUT2D eigenvalue weighted by Crippen LogP contribution is 2.26. The summed E-state index contributed by atoms with van der Waals surface area (Å²) in [6, 6.07) is 0. The molecule has 1 aliphatic heterocycles. The van der Waals surface area contributed by atoms with E-state index in [1.807, 2.05) is 4.90 Å². The van der Waals surface area contributed by atoms with Crippen LogP contribution in [0.5, 0.6) is 5.88 Å². The lowest BCUT2D eigenvalue weighted by atomic mass is 10.0. The van der Waals surface area contributed by atoms with Gasteiger partial charge in [-0.2, -0.15) is 4.37 Å². The highest BCUT2D eigenvalue weighted by Gasteiger charge is 2.25. The first-order chi connectivity index (χ1) is 13.8. The molecular weight excluding hydrogens is 404 g/mol. The largest absolute Gasteiger partial charge is 0.472 e. The van der Waals surface area contributed by atoms with Crippen LogP contribution in [0.1, 0.15) is 27.2 Å². The molecule has 2 rings (SSSR count). The summed E-state index contributed by atoms with van der Waals surface area (Å²) < 4.78 is 28.8. The fourth-order valence-corrected chi connectivity index (χ4v) is 3.04. The van der Waals surface area contributed by atoms with Gasteiger partial charge in [0.05, 0.1) is 31.4 Å². The minimum Gasteiger partial charge on any atom is -0.472 e. The summed E-state index contributed by atoms with van der Waals surface area (Å²) in [5.41, 5.74) is -0.630. The molecule has 1 atom stereocenters. The molecule has 11 nitrogen and oxygen atoms in total. The van der Waals surface area contributed by atoms with Gasteiger partial charge in [-0.15, -0.1) is 4.37 Å². The second kappa shape index (κ2) is 11.2. The first-order valence-electron chi connectivity index (χ1n) is 9.27. The summed E-state index contributed by atoms with van der Waals surface area (Å²) in [6.45, 7) is 7.34. The van der Waals surface area contributed by atoms with Gasteiger partial charge in [-0.3, -0.25) is 9.59 Å².